The van der Waals surface area contributed by atoms with Crippen molar-refractivity contribution in [3.05, 3.63) is 71.4 Å². The zero-order valence-electron chi connectivity index (χ0n) is 14.9. The van der Waals surface area contributed by atoms with E-state index < -0.39 is 11.9 Å². The molecule has 1 atom stereocenters. The Labute approximate surface area is 166 Å². The van der Waals surface area contributed by atoms with E-state index in [4.69, 9.17) is 5.73 Å². The maximum absolute atomic E-state index is 12.7. The minimum atomic E-state index is -0.680. The Balaban J connectivity index is 1.55. The highest BCUT2D eigenvalue weighted by atomic mass is 32.1. The Morgan fingerprint density at radius 3 is 2.61 bits per heavy atom. The largest absolute Gasteiger partial charge is 0.368 e. The van der Waals surface area contributed by atoms with Gasteiger partial charge in [0.2, 0.25) is 5.91 Å². The number of hydrazone groups is 1. The van der Waals surface area contributed by atoms with Crippen LogP contribution in [-0.2, 0) is 9.59 Å². The topological polar surface area (TPSA) is 87.8 Å². The van der Waals surface area contributed by atoms with Gasteiger partial charge in [-0.25, -0.2) is 0 Å². The summed E-state index contributed by atoms with van der Waals surface area (Å²) in [4.78, 5) is 24.6. The van der Waals surface area contributed by atoms with Gasteiger partial charge in [0, 0.05) is 12.1 Å². The fourth-order valence-corrected chi connectivity index (χ4v) is 3.76. The molecule has 28 heavy (non-hydrogen) atoms. The van der Waals surface area contributed by atoms with Crippen LogP contribution in [0.4, 0.5) is 11.4 Å². The molecule has 1 aliphatic rings. The summed E-state index contributed by atoms with van der Waals surface area (Å²) in [5, 5.41) is 12.8. The molecule has 7 heteroatoms. The number of hydrogen-bond donors (Lipinski definition) is 2. The van der Waals surface area contributed by atoms with Crippen LogP contribution in [0.1, 0.15) is 6.42 Å². The molecule has 2 heterocycles. The van der Waals surface area contributed by atoms with Crippen LogP contribution in [-0.4, -0.2) is 23.6 Å². The van der Waals surface area contributed by atoms with E-state index >= 15 is 0 Å². The summed E-state index contributed by atoms with van der Waals surface area (Å²) in [7, 11) is 0. The summed E-state index contributed by atoms with van der Waals surface area (Å²) in [5.41, 5.74) is 9.31. The van der Waals surface area contributed by atoms with E-state index in [2.05, 4.69) is 15.8 Å². The maximum atomic E-state index is 12.7. The number of nitrogens with zero attached hydrogens (tertiary/aromatic N) is 2. The molecule has 0 saturated carbocycles. The molecule has 1 aromatic heterocycles. The number of carbonyl (C=O) groups excluding carboxylic acids is 2. The van der Waals surface area contributed by atoms with Crippen molar-refractivity contribution < 1.29 is 9.59 Å². The average Bonchev–Trinajstić information content (AvgIpc) is 3.39. The van der Waals surface area contributed by atoms with Gasteiger partial charge < -0.3 is 11.1 Å². The summed E-state index contributed by atoms with van der Waals surface area (Å²) >= 11 is 1.62. The molecule has 1 unspecified atom stereocenters. The SMILES string of the molecule is NC(=O)C1CC(C(=O)Nc2cccc(-c3ccsc3)c2)=NN1c1ccccc1. The second-order valence-electron chi connectivity index (χ2n) is 6.40. The molecule has 0 radical (unpaired) electrons. The molecule has 3 aromatic rings. The highest BCUT2D eigenvalue weighted by molar-refractivity contribution is 7.08. The number of nitrogens with one attached hydrogen (secondary N) is 1. The molecular weight excluding hydrogens is 372 g/mol. The van der Waals surface area contributed by atoms with Crippen molar-refractivity contribution >= 4 is 40.2 Å². The zero-order valence-corrected chi connectivity index (χ0v) is 15.7. The van der Waals surface area contributed by atoms with E-state index in [0.29, 0.717) is 11.4 Å². The third kappa shape index (κ3) is 3.65. The van der Waals surface area contributed by atoms with Gasteiger partial charge in [0.05, 0.1) is 5.69 Å². The fraction of sp³-hybridized carbons (Fsp3) is 0.0952. The fourth-order valence-electron chi connectivity index (χ4n) is 3.10. The van der Waals surface area contributed by atoms with Crippen LogP contribution in [0.2, 0.25) is 0 Å². The van der Waals surface area contributed by atoms with Crippen molar-refractivity contribution in [1.82, 2.24) is 0 Å². The molecule has 3 N–H and O–H groups in total. The van der Waals surface area contributed by atoms with Gasteiger partial charge in [0.25, 0.3) is 5.91 Å². The van der Waals surface area contributed by atoms with Gasteiger partial charge in [-0.2, -0.15) is 16.4 Å². The maximum Gasteiger partial charge on any atom is 0.271 e. The van der Waals surface area contributed by atoms with Crippen LogP contribution < -0.4 is 16.1 Å². The summed E-state index contributed by atoms with van der Waals surface area (Å²) in [6, 6.07) is 18.2. The number of anilines is 2. The first kappa shape index (κ1) is 17.9. The standard InChI is InChI=1S/C21H18N4O2S/c22-20(26)19-12-18(24-25(19)17-7-2-1-3-8-17)21(27)23-16-6-4-5-14(11-16)15-9-10-28-13-15/h1-11,13,19H,12H2,(H2,22,26)(H,23,27). The zero-order chi connectivity index (χ0) is 19.5. The monoisotopic (exact) mass is 390 g/mol. The van der Waals surface area contributed by atoms with Gasteiger partial charge in [0.15, 0.2) is 0 Å². The van der Waals surface area contributed by atoms with Crippen LogP contribution >= 0.6 is 11.3 Å². The first-order valence-electron chi connectivity index (χ1n) is 8.77. The predicted molar refractivity (Wildman–Crippen MR) is 112 cm³/mol. The lowest BCUT2D eigenvalue weighted by Crippen LogP contribution is -2.39. The highest BCUT2D eigenvalue weighted by Crippen LogP contribution is 2.26. The number of hydrogen-bond acceptors (Lipinski definition) is 5. The van der Waals surface area contributed by atoms with Crippen LogP contribution in [0.25, 0.3) is 11.1 Å². The van der Waals surface area contributed by atoms with Gasteiger partial charge in [-0.3, -0.25) is 14.6 Å². The van der Waals surface area contributed by atoms with Crippen molar-refractivity contribution in [3.63, 3.8) is 0 Å². The number of rotatable bonds is 5. The van der Waals surface area contributed by atoms with Crippen molar-refractivity contribution in [1.29, 1.82) is 0 Å². The number of thiophene rings is 1. The molecule has 2 aromatic carbocycles. The summed E-state index contributed by atoms with van der Waals surface area (Å²) < 4.78 is 0. The van der Waals surface area contributed by atoms with E-state index in [1.807, 2.05) is 66.0 Å². The van der Waals surface area contributed by atoms with Crippen molar-refractivity contribution in [2.75, 3.05) is 10.3 Å². The molecule has 0 saturated heterocycles. The van der Waals surface area contributed by atoms with Gasteiger partial charge in [-0.1, -0.05) is 30.3 Å². The summed E-state index contributed by atoms with van der Waals surface area (Å²) in [6.45, 7) is 0. The molecule has 0 fully saturated rings. The number of primary amides is 1. The van der Waals surface area contributed by atoms with Crippen molar-refractivity contribution in [2.24, 2.45) is 10.8 Å². The Hall–Kier alpha value is -3.45. The minimum absolute atomic E-state index is 0.167. The molecule has 0 aliphatic carbocycles. The van der Waals surface area contributed by atoms with Crippen molar-refractivity contribution in [2.45, 2.75) is 12.5 Å². The van der Waals surface area contributed by atoms with E-state index in [1.165, 1.54) is 5.01 Å². The predicted octanol–water partition coefficient (Wildman–Crippen LogP) is 3.47. The number of amides is 2. The normalized spacial score (nSPS) is 15.9. The highest BCUT2D eigenvalue weighted by Gasteiger charge is 2.34. The van der Waals surface area contributed by atoms with E-state index in [0.717, 1.165) is 11.1 Å². The van der Waals surface area contributed by atoms with Gasteiger partial charge in [-0.15, -0.1) is 0 Å². The van der Waals surface area contributed by atoms with Crippen LogP contribution in [0.3, 0.4) is 0 Å². The van der Waals surface area contributed by atoms with Crippen LogP contribution in [0.5, 0.6) is 0 Å². The number of benzene rings is 2. The lowest BCUT2D eigenvalue weighted by atomic mass is 10.1. The Bertz CT molecular complexity index is 1030. The Morgan fingerprint density at radius 2 is 1.89 bits per heavy atom. The molecular formula is C21H18N4O2S. The number of nitrogens with two attached hydrogens (primary N) is 1. The smallest absolute Gasteiger partial charge is 0.271 e. The third-order valence-corrected chi connectivity index (χ3v) is 5.18. The minimum Gasteiger partial charge on any atom is -0.368 e. The second kappa shape index (κ2) is 7.66. The number of carbonyl (C=O) groups is 2. The Kier molecular flexibility index (Phi) is 4.90. The molecule has 1 aliphatic heterocycles. The van der Waals surface area contributed by atoms with Gasteiger partial charge >= 0.3 is 0 Å². The third-order valence-electron chi connectivity index (χ3n) is 4.50. The summed E-state index contributed by atoms with van der Waals surface area (Å²) in [5.74, 6) is -0.859. The summed E-state index contributed by atoms with van der Waals surface area (Å²) in [6.07, 6.45) is 0.167. The first-order chi connectivity index (χ1) is 13.6. The molecule has 6 nitrogen and oxygen atoms in total. The van der Waals surface area contributed by atoms with E-state index in [9.17, 15) is 9.59 Å². The lowest BCUT2D eigenvalue weighted by Gasteiger charge is -2.20. The Morgan fingerprint density at radius 1 is 1.07 bits per heavy atom. The lowest BCUT2D eigenvalue weighted by molar-refractivity contribution is -0.119. The van der Waals surface area contributed by atoms with Gasteiger partial charge in [-0.05, 0) is 52.2 Å². The van der Waals surface area contributed by atoms with Crippen LogP contribution in [0, 0.1) is 0 Å². The van der Waals surface area contributed by atoms with Crippen molar-refractivity contribution in [3.8, 4) is 11.1 Å². The van der Waals surface area contributed by atoms with E-state index in [-0.39, 0.29) is 18.0 Å². The molecule has 2 amide bonds. The average molecular weight is 390 g/mol. The molecule has 0 spiro atoms. The second-order valence-corrected chi connectivity index (χ2v) is 7.18. The molecule has 4 rings (SSSR count). The molecule has 140 valence electrons. The van der Waals surface area contributed by atoms with E-state index in [1.54, 1.807) is 11.3 Å². The van der Waals surface area contributed by atoms with Crippen LogP contribution in [0.15, 0.2) is 76.5 Å². The van der Waals surface area contributed by atoms with Gasteiger partial charge in [0.1, 0.15) is 11.8 Å². The quantitative estimate of drug-likeness (QED) is 0.699. The number of para-hydroxylation sites is 1. The first-order valence-corrected chi connectivity index (χ1v) is 9.71. The molecule has 0 bridgehead atoms.